The number of carbonyl (C=O) groups excluding carboxylic acids is 2. The SMILES string of the molecule is COc1ccccc1C1=C(Nc2cc(Cl)ccc2C)C(=O)N(Cc2ccncc2)C1=O. The maximum atomic E-state index is 13.5. The fourth-order valence-electron chi connectivity index (χ4n) is 3.47. The predicted octanol–water partition coefficient (Wildman–Crippen LogP) is 4.44. The molecule has 156 valence electrons. The summed E-state index contributed by atoms with van der Waals surface area (Å²) in [5.74, 6) is -0.304. The number of hydrogen-bond acceptors (Lipinski definition) is 5. The van der Waals surface area contributed by atoms with Gasteiger partial charge in [-0.3, -0.25) is 19.5 Å². The van der Waals surface area contributed by atoms with Gasteiger partial charge in [0.1, 0.15) is 11.4 Å². The number of methoxy groups -OCH3 is 1. The molecular formula is C24H20ClN3O3. The Kier molecular flexibility index (Phi) is 5.73. The van der Waals surface area contributed by atoms with Crippen LogP contribution in [0.3, 0.4) is 0 Å². The molecule has 1 N–H and O–H groups in total. The van der Waals surface area contributed by atoms with Gasteiger partial charge in [-0.2, -0.15) is 0 Å². The van der Waals surface area contributed by atoms with Crippen LogP contribution in [0.1, 0.15) is 16.7 Å². The molecule has 6 nitrogen and oxygen atoms in total. The third-order valence-corrected chi connectivity index (χ3v) is 5.33. The van der Waals surface area contributed by atoms with Crippen molar-refractivity contribution in [2.24, 2.45) is 0 Å². The Morgan fingerprint density at radius 3 is 2.52 bits per heavy atom. The first-order valence-electron chi connectivity index (χ1n) is 9.65. The zero-order chi connectivity index (χ0) is 22.0. The molecule has 0 saturated heterocycles. The maximum absolute atomic E-state index is 13.5. The number of nitrogens with one attached hydrogen (secondary N) is 1. The molecule has 0 saturated carbocycles. The first kappa shape index (κ1) is 20.6. The fraction of sp³-hybridized carbons (Fsp3) is 0.125. The standard InChI is InChI=1S/C24H20ClN3O3/c1-15-7-8-17(25)13-19(15)27-22-21(18-5-3-4-6-20(18)31-2)23(29)28(24(22)30)14-16-9-11-26-12-10-16/h3-13,27H,14H2,1-2H3. The molecule has 2 aromatic carbocycles. The monoisotopic (exact) mass is 433 g/mol. The highest BCUT2D eigenvalue weighted by atomic mass is 35.5. The number of halogens is 1. The second kappa shape index (κ2) is 8.62. The van der Waals surface area contributed by atoms with E-state index in [9.17, 15) is 9.59 Å². The number of carbonyl (C=O) groups is 2. The number of aromatic nitrogens is 1. The van der Waals surface area contributed by atoms with Gasteiger partial charge in [0, 0.05) is 28.7 Å². The molecule has 0 unspecified atom stereocenters. The number of benzene rings is 2. The lowest BCUT2D eigenvalue weighted by atomic mass is 10.0. The number of amides is 2. The Balaban J connectivity index is 1.82. The topological polar surface area (TPSA) is 71.5 Å². The largest absolute Gasteiger partial charge is 0.496 e. The highest BCUT2D eigenvalue weighted by Gasteiger charge is 2.40. The Bertz CT molecular complexity index is 1190. The molecule has 0 atom stereocenters. The number of imide groups is 1. The van der Waals surface area contributed by atoms with Crippen molar-refractivity contribution < 1.29 is 14.3 Å². The van der Waals surface area contributed by atoms with E-state index in [0.29, 0.717) is 22.0 Å². The van der Waals surface area contributed by atoms with E-state index in [1.807, 2.05) is 19.1 Å². The lowest BCUT2D eigenvalue weighted by Gasteiger charge is -2.16. The molecule has 3 aromatic rings. The number of anilines is 1. The molecule has 0 radical (unpaired) electrons. The molecule has 0 spiro atoms. The summed E-state index contributed by atoms with van der Waals surface area (Å²) in [4.78, 5) is 32.1. The van der Waals surface area contributed by atoms with Crippen molar-refractivity contribution in [3.63, 3.8) is 0 Å². The summed E-state index contributed by atoms with van der Waals surface area (Å²) in [5, 5.41) is 3.69. The number of para-hydroxylation sites is 1. The molecule has 0 fully saturated rings. The van der Waals surface area contributed by atoms with Crippen molar-refractivity contribution in [2.75, 3.05) is 12.4 Å². The Hall–Kier alpha value is -3.64. The predicted molar refractivity (Wildman–Crippen MR) is 120 cm³/mol. The van der Waals surface area contributed by atoms with E-state index in [4.69, 9.17) is 16.3 Å². The van der Waals surface area contributed by atoms with Crippen molar-refractivity contribution in [2.45, 2.75) is 13.5 Å². The molecule has 31 heavy (non-hydrogen) atoms. The van der Waals surface area contributed by atoms with Crippen LogP contribution in [0.5, 0.6) is 5.75 Å². The Morgan fingerprint density at radius 2 is 1.77 bits per heavy atom. The second-order valence-corrected chi connectivity index (χ2v) is 7.52. The van der Waals surface area contributed by atoms with Crippen LogP contribution in [-0.4, -0.2) is 28.8 Å². The summed E-state index contributed by atoms with van der Waals surface area (Å²) in [6.45, 7) is 2.04. The van der Waals surface area contributed by atoms with Gasteiger partial charge in [-0.1, -0.05) is 35.9 Å². The van der Waals surface area contributed by atoms with Gasteiger partial charge in [-0.25, -0.2) is 0 Å². The van der Waals surface area contributed by atoms with Crippen molar-refractivity contribution in [1.29, 1.82) is 0 Å². The number of ether oxygens (including phenoxy) is 1. The molecule has 0 bridgehead atoms. The number of aryl methyl sites for hydroxylation is 1. The number of rotatable bonds is 6. The van der Waals surface area contributed by atoms with Crippen LogP contribution in [0, 0.1) is 6.92 Å². The van der Waals surface area contributed by atoms with Crippen LogP contribution in [0.4, 0.5) is 5.69 Å². The summed E-state index contributed by atoms with van der Waals surface area (Å²) in [5.41, 5.74) is 3.34. The molecule has 0 aliphatic carbocycles. The summed E-state index contributed by atoms with van der Waals surface area (Å²) in [6, 6.07) is 16.0. The van der Waals surface area contributed by atoms with Gasteiger partial charge < -0.3 is 10.1 Å². The number of pyridine rings is 1. The third-order valence-electron chi connectivity index (χ3n) is 5.09. The molecule has 2 heterocycles. The summed E-state index contributed by atoms with van der Waals surface area (Å²) >= 11 is 6.16. The van der Waals surface area contributed by atoms with Crippen LogP contribution in [0.2, 0.25) is 5.02 Å². The molecule has 4 rings (SSSR count). The molecular weight excluding hydrogens is 414 g/mol. The smallest absolute Gasteiger partial charge is 0.278 e. The lowest BCUT2D eigenvalue weighted by molar-refractivity contribution is -0.137. The van der Waals surface area contributed by atoms with Crippen molar-refractivity contribution in [1.82, 2.24) is 9.88 Å². The van der Waals surface area contributed by atoms with E-state index in [-0.39, 0.29) is 17.8 Å². The first-order chi connectivity index (χ1) is 15.0. The van der Waals surface area contributed by atoms with Gasteiger partial charge in [0.2, 0.25) is 0 Å². The van der Waals surface area contributed by atoms with Gasteiger partial charge in [0.25, 0.3) is 11.8 Å². The summed E-state index contributed by atoms with van der Waals surface area (Å²) < 4.78 is 5.46. The van der Waals surface area contributed by atoms with E-state index in [1.54, 1.807) is 54.9 Å². The first-order valence-corrected chi connectivity index (χ1v) is 10.0. The highest BCUT2D eigenvalue weighted by molar-refractivity contribution is 6.37. The van der Waals surface area contributed by atoms with E-state index < -0.39 is 11.8 Å². The lowest BCUT2D eigenvalue weighted by Crippen LogP contribution is -2.32. The van der Waals surface area contributed by atoms with Crippen LogP contribution < -0.4 is 10.1 Å². The zero-order valence-electron chi connectivity index (χ0n) is 17.1. The second-order valence-electron chi connectivity index (χ2n) is 7.09. The molecule has 1 aliphatic rings. The van der Waals surface area contributed by atoms with Crippen molar-refractivity contribution in [3.05, 3.63) is 94.4 Å². The summed E-state index contributed by atoms with van der Waals surface area (Å²) in [7, 11) is 1.53. The minimum Gasteiger partial charge on any atom is -0.496 e. The fourth-order valence-corrected chi connectivity index (χ4v) is 3.64. The van der Waals surface area contributed by atoms with Gasteiger partial charge >= 0.3 is 0 Å². The highest BCUT2D eigenvalue weighted by Crippen LogP contribution is 2.36. The molecule has 7 heteroatoms. The Morgan fingerprint density at radius 1 is 1.03 bits per heavy atom. The Labute approximate surface area is 185 Å². The maximum Gasteiger partial charge on any atom is 0.278 e. The minimum absolute atomic E-state index is 0.137. The number of hydrogen-bond donors (Lipinski definition) is 1. The third kappa shape index (κ3) is 4.02. The molecule has 1 aliphatic heterocycles. The molecule has 1 aromatic heterocycles. The van der Waals surface area contributed by atoms with E-state index in [0.717, 1.165) is 11.1 Å². The molecule has 2 amide bonds. The van der Waals surface area contributed by atoms with E-state index in [2.05, 4.69) is 10.3 Å². The average Bonchev–Trinajstić information content (AvgIpc) is 3.01. The van der Waals surface area contributed by atoms with E-state index >= 15 is 0 Å². The van der Waals surface area contributed by atoms with Gasteiger partial charge in [-0.15, -0.1) is 0 Å². The van der Waals surface area contributed by atoms with Crippen molar-refractivity contribution in [3.8, 4) is 5.75 Å². The van der Waals surface area contributed by atoms with Crippen molar-refractivity contribution >= 4 is 34.7 Å². The van der Waals surface area contributed by atoms with Gasteiger partial charge in [0.15, 0.2) is 0 Å². The van der Waals surface area contributed by atoms with E-state index in [1.165, 1.54) is 12.0 Å². The van der Waals surface area contributed by atoms with Gasteiger partial charge in [0.05, 0.1) is 19.2 Å². The normalized spacial score (nSPS) is 13.7. The van der Waals surface area contributed by atoms with Crippen LogP contribution in [0.15, 0.2) is 72.7 Å². The average molecular weight is 434 g/mol. The van der Waals surface area contributed by atoms with Gasteiger partial charge in [-0.05, 0) is 48.4 Å². The minimum atomic E-state index is -0.415. The van der Waals surface area contributed by atoms with Crippen LogP contribution in [0.25, 0.3) is 5.57 Å². The number of nitrogens with zero attached hydrogens (tertiary/aromatic N) is 2. The quantitative estimate of drug-likeness (QED) is 0.582. The zero-order valence-corrected chi connectivity index (χ0v) is 17.8. The summed E-state index contributed by atoms with van der Waals surface area (Å²) in [6.07, 6.45) is 3.26. The van der Waals surface area contributed by atoms with Crippen LogP contribution in [-0.2, 0) is 16.1 Å². The van der Waals surface area contributed by atoms with Crippen LogP contribution >= 0.6 is 11.6 Å².